The summed E-state index contributed by atoms with van der Waals surface area (Å²) in [5.41, 5.74) is 1.85. The van der Waals surface area contributed by atoms with Crippen molar-refractivity contribution in [3.63, 3.8) is 0 Å². The number of rotatable bonds is 8. The van der Waals surface area contributed by atoms with Crippen LogP contribution < -0.4 is 5.06 Å². The lowest BCUT2D eigenvalue weighted by Crippen LogP contribution is -2.48. The Bertz CT molecular complexity index is 736. The van der Waals surface area contributed by atoms with Crippen molar-refractivity contribution in [1.82, 2.24) is 0 Å². The summed E-state index contributed by atoms with van der Waals surface area (Å²) in [5, 5.41) is 2.10. The fourth-order valence-corrected chi connectivity index (χ4v) is 4.90. The zero-order chi connectivity index (χ0) is 20.0. The van der Waals surface area contributed by atoms with Crippen LogP contribution in [0.3, 0.4) is 0 Å². The smallest absolute Gasteiger partial charge is 0.220 e. The standard InChI is InChI=1S/C24H33NO2Si/c1-28(2,3)27-25(22-17-11-6-12-18-22)23(20-13-7-4-8-14-20)19-24(26)21-15-9-5-10-16-21/h5-6,9-12,15-18,20,23H,4,7-8,13-14,19H2,1-3H3. The lowest BCUT2D eigenvalue weighted by Gasteiger charge is -2.42. The molecule has 0 heterocycles. The van der Waals surface area contributed by atoms with Gasteiger partial charge in [0.15, 0.2) is 5.78 Å². The number of carbonyl (C=O) groups excluding carboxylic acids is 1. The molecule has 0 radical (unpaired) electrons. The Balaban J connectivity index is 1.92. The molecule has 1 aliphatic rings. The van der Waals surface area contributed by atoms with Crippen LogP contribution in [0.2, 0.25) is 19.6 Å². The summed E-state index contributed by atoms with van der Waals surface area (Å²) in [4.78, 5) is 13.1. The molecule has 1 saturated carbocycles. The third-order valence-corrected chi connectivity index (χ3v) is 6.11. The molecule has 2 aromatic rings. The van der Waals surface area contributed by atoms with E-state index in [1.54, 1.807) is 0 Å². The number of ketones is 1. The van der Waals surface area contributed by atoms with Crippen LogP contribution in [0, 0.1) is 5.92 Å². The second-order valence-electron chi connectivity index (χ2n) is 8.82. The van der Waals surface area contributed by atoms with Gasteiger partial charge in [-0.25, -0.2) is 0 Å². The van der Waals surface area contributed by atoms with E-state index in [9.17, 15) is 4.79 Å². The first-order valence-electron chi connectivity index (χ1n) is 10.6. The molecule has 0 saturated heterocycles. The number of benzene rings is 2. The van der Waals surface area contributed by atoms with E-state index in [0.717, 1.165) is 11.3 Å². The predicted octanol–water partition coefficient (Wildman–Crippen LogP) is 6.48. The average Bonchev–Trinajstić information content (AvgIpc) is 2.71. The maximum atomic E-state index is 13.1. The van der Waals surface area contributed by atoms with Gasteiger partial charge in [0.25, 0.3) is 0 Å². The molecule has 0 bridgehead atoms. The van der Waals surface area contributed by atoms with E-state index in [1.165, 1.54) is 32.1 Å². The maximum absolute atomic E-state index is 13.1. The van der Waals surface area contributed by atoms with Gasteiger partial charge in [0, 0.05) is 12.0 Å². The predicted molar refractivity (Wildman–Crippen MR) is 119 cm³/mol. The summed E-state index contributed by atoms with van der Waals surface area (Å²) >= 11 is 0. The number of carbonyl (C=O) groups is 1. The van der Waals surface area contributed by atoms with Crippen LogP contribution in [0.1, 0.15) is 48.9 Å². The SMILES string of the molecule is C[Si](C)(C)ON(c1ccccc1)C(CC(=O)c1ccccc1)C1CCCCC1. The largest absolute Gasteiger partial charge is 0.320 e. The second-order valence-corrected chi connectivity index (χ2v) is 13.2. The van der Waals surface area contributed by atoms with Crippen molar-refractivity contribution in [3.05, 3.63) is 66.2 Å². The number of anilines is 1. The Kier molecular flexibility index (Phi) is 7.08. The minimum Gasteiger partial charge on any atom is -0.320 e. The molecule has 1 unspecified atom stereocenters. The fourth-order valence-electron chi connectivity index (χ4n) is 4.07. The van der Waals surface area contributed by atoms with Gasteiger partial charge in [0.2, 0.25) is 8.32 Å². The Morgan fingerprint density at radius 2 is 1.54 bits per heavy atom. The molecule has 3 rings (SSSR count). The highest BCUT2D eigenvalue weighted by Crippen LogP contribution is 2.35. The third kappa shape index (κ3) is 5.79. The van der Waals surface area contributed by atoms with Gasteiger partial charge in [-0.2, -0.15) is 0 Å². The van der Waals surface area contributed by atoms with Crippen molar-refractivity contribution in [2.75, 3.05) is 5.06 Å². The van der Waals surface area contributed by atoms with Crippen LogP contribution in [0.25, 0.3) is 0 Å². The second kappa shape index (κ2) is 9.53. The fraction of sp³-hybridized carbons (Fsp3) is 0.458. The lowest BCUT2D eigenvalue weighted by molar-refractivity contribution is 0.0915. The summed E-state index contributed by atoms with van der Waals surface area (Å²) in [5.74, 6) is 0.689. The highest BCUT2D eigenvalue weighted by atomic mass is 28.4. The zero-order valence-corrected chi connectivity index (χ0v) is 18.4. The Hall–Kier alpha value is -1.91. The van der Waals surface area contributed by atoms with Gasteiger partial charge in [-0.3, -0.25) is 9.86 Å². The maximum Gasteiger partial charge on any atom is 0.220 e. The highest BCUT2D eigenvalue weighted by Gasteiger charge is 2.34. The molecule has 1 aliphatic carbocycles. The van der Waals surface area contributed by atoms with Crippen molar-refractivity contribution in [2.24, 2.45) is 5.92 Å². The van der Waals surface area contributed by atoms with Crippen LogP contribution in [0.15, 0.2) is 60.7 Å². The Morgan fingerprint density at radius 1 is 0.964 bits per heavy atom. The zero-order valence-electron chi connectivity index (χ0n) is 17.4. The average molecular weight is 396 g/mol. The number of nitrogens with zero attached hydrogens (tertiary/aromatic N) is 1. The van der Waals surface area contributed by atoms with Gasteiger partial charge >= 0.3 is 0 Å². The minimum atomic E-state index is -1.85. The number of Topliss-reactive ketones (excluding diaryl/α,β-unsaturated/α-hetero) is 1. The number of hydrogen-bond donors (Lipinski definition) is 0. The van der Waals surface area contributed by atoms with Crippen molar-refractivity contribution in [1.29, 1.82) is 0 Å². The Morgan fingerprint density at radius 3 is 2.11 bits per heavy atom. The van der Waals surface area contributed by atoms with Crippen LogP contribution >= 0.6 is 0 Å². The third-order valence-electron chi connectivity index (χ3n) is 5.37. The quantitative estimate of drug-likeness (QED) is 0.291. The molecule has 1 fully saturated rings. The lowest BCUT2D eigenvalue weighted by atomic mass is 9.81. The molecular formula is C24H33NO2Si. The van der Waals surface area contributed by atoms with E-state index < -0.39 is 8.32 Å². The molecule has 3 nitrogen and oxygen atoms in total. The van der Waals surface area contributed by atoms with Crippen LogP contribution in [0.4, 0.5) is 5.69 Å². The summed E-state index contributed by atoms with van der Waals surface area (Å²) in [7, 11) is -1.85. The van der Waals surface area contributed by atoms with E-state index in [1.807, 2.05) is 48.5 Å². The van der Waals surface area contributed by atoms with Crippen molar-refractivity contribution < 1.29 is 9.32 Å². The van der Waals surface area contributed by atoms with Gasteiger partial charge in [-0.15, -0.1) is 0 Å². The number of para-hydroxylation sites is 1. The molecule has 0 N–H and O–H groups in total. The van der Waals surface area contributed by atoms with Crippen LogP contribution in [0.5, 0.6) is 0 Å². The van der Waals surface area contributed by atoms with Crippen molar-refractivity contribution in [2.45, 2.75) is 64.2 Å². The normalized spacial score (nSPS) is 16.5. The monoisotopic (exact) mass is 395 g/mol. The molecule has 1 atom stereocenters. The van der Waals surface area contributed by atoms with E-state index >= 15 is 0 Å². The number of hydrogen-bond acceptors (Lipinski definition) is 3. The first-order chi connectivity index (χ1) is 13.4. The summed E-state index contributed by atoms with van der Waals surface area (Å²) in [6, 6.07) is 20.1. The first-order valence-corrected chi connectivity index (χ1v) is 14.0. The van der Waals surface area contributed by atoms with E-state index in [-0.39, 0.29) is 11.8 Å². The van der Waals surface area contributed by atoms with Crippen LogP contribution in [-0.2, 0) is 4.53 Å². The van der Waals surface area contributed by atoms with Gasteiger partial charge in [0.1, 0.15) is 0 Å². The van der Waals surface area contributed by atoms with E-state index in [4.69, 9.17) is 4.53 Å². The van der Waals surface area contributed by atoms with E-state index in [2.05, 4.69) is 36.8 Å². The highest BCUT2D eigenvalue weighted by molar-refractivity contribution is 6.69. The molecule has 0 aromatic heterocycles. The molecule has 4 heteroatoms. The topological polar surface area (TPSA) is 29.5 Å². The summed E-state index contributed by atoms with van der Waals surface area (Å²) in [6.45, 7) is 6.62. The van der Waals surface area contributed by atoms with Gasteiger partial charge in [0.05, 0.1) is 11.7 Å². The first kappa shape index (κ1) is 20.8. The van der Waals surface area contributed by atoms with Crippen molar-refractivity contribution >= 4 is 19.8 Å². The summed E-state index contributed by atoms with van der Waals surface area (Å²) in [6.07, 6.45) is 6.63. The Labute approximate surface area is 170 Å². The van der Waals surface area contributed by atoms with Gasteiger partial charge in [-0.1, -0.05) is 67.8 Å². The molecule has 0 amide bonds. The molecule has 0 spiro atoms. The van der Waals surface area contributed by atoms with E-state index in [0.29, 0.717) is 12.3 Å². The number of hydroxylamine groups is 1. The summed E-state index contributed by atoms with van der Waals surface area (Å²) < 4.78 is 6.60. The molecule has 0 aliphatic heterocycles. The van der Waals surface area contributed by atoms with Gasteiger partial charge < -0.3 is 4.53 Å². The minimum absolute atomic E-state index is 0.0714. The molecule has 28 heavy (non-hydrogen) atoms. The molecular weight excluding hydrogens is 362 g/mol. The van der Waals surface area contributed by atoms with Gasteiger partial charge in [-0.05, 0) is 50.5 Å². The van der Waals surface area contributed by atoms with Crippen LogP contribution in [-0.4, -0.2) is 20.1 Å². The molecule has 2 aromatic carbocycles. The molecule has 150 valence electrons. The van der Waals surface area contributed by atoms with Crippen molar-refractivity contribution in [3.8, 4) is 0 Å².